The minimum absolute atomic E-state index is 0.0475. The zero-order valence-electron chi connectivity index (χ0n) is 24.8. The maximum Gasteiger partial charge on any atom is 0.262 e. The number of amides is 1. The summed E-state index contributed by atoms with van der Waals surface area (Å²) < 4.78 is 26.9. The Morgan fingerprint density at radius 1 is 1.10 bits per heavy atom. The molecule has 9 heteroatoms. The third-order valence-electron chi connectivity index (χ3n) is 6.52. The van der Waals surface area contributed by atoms with E-state index in [1.54, 1.807) is 11.5 Å². The second-order valence-corrected chi connectivity index (χ2v) is 10.9. The molecular weight excluding hydrogens is 544 g/mol. The number of fused-ring (bicyclic) bond motifs is 3. The molecule has 228 valence electrons. The molecule has 6 nitrogen and oxygen atoms in total. The lowest BCUT2D eigenvalue weighted by atomic mass is 9.73. The number of nitrogens with one attached hydrogen (secondary N) is 2. The number of halogens is 2. The van der Waals surface area contributed by atoms with Crippen molar-refractivity contribution in [1.29, 1.82) is 0 Å². The number of aldehydes is 1. The monoisotopic (exact) mass is 591 g/mol. The first-order chi connectivity index (χ1) is 19.6. The number of unbranched alkanes of at least 4 members (excludes halogenated alkanes) is 1. The van der Waals surface area contributed by atoms with Crippen molar-refractivity contribution in [2.45, 2.75) is 70.8 Å². The Morgan fingerprint density at radius 2 is 1.66 bits per heavy atom. The summed E-state index contributed by atoms with van der Waals surface area (Å²) in [5.74, 6) is -2.81. The summed E-state index contributed by atoms with van der Waals surface area (Å²) in [6.45, 7) is 8.13. The molecule has 0 fully saturated rings. The highest BCUT2D eigenvalue weighted by molar-refractivity contribution is 8.02. The fourth-order valence-electron chi connectivity index (χ4n) is 4.36. The number of hydrogen-bond acceptors (Lipinski definition) is 6. The smallest absolute Gasteiger partial charge is 0.262 e. The molecule has 1 aliphatic rings. The van der Waals surface area contributed by atoms with Gasteiger partial charge >= 0.3 is 0 Å². The minimum atomic E-state index is -2.94. The number of alkyl halides is 2. The lowest BCUT2D eigenvalue weighted by Gasteiger charge is -2.31. The largest absolute Gasteiger partial charge is 0.392 e. The number of benzene rings is 2. The van der Waals surface area contributed by atoms with Crippen LogP contribution in [0.4, 0.5) is 8.78 Å². The predicted octanol–water partition coefficient (Wildman–Crippen LogP) is 5.67. The van der Waals surface area contributed by atoms with Crippen LogP contribution in [0.25, 0.3) is 11.1 Å². The highest BCUT2D eigenvalue weighted by atomic mass is 32.2. The molecule has 0 saturated carbocycles. The molecule has 1 atom stereocenters. The van der Waals surface area contributed by atoms with Gasteiger partial charge in [-0.05, 0) is 66.9 Å². The number of rotatable bonds is 14. The van der Waals surface area contributed by atoms with Crippen molar-refractivity contribution in [2.24, 2.45) is 5.73 Å². The Kier molecular flexibility index (Phi) is 17.3. The quantitative estimate of drug-likeness (QED) is 0.167. The molecule has 1 aliphatic carbocycles. The van der Waals surface area contributed by atoms with Crippen LogP contribution in [0.2, 0.25) is 0 Å². The fraction of sp³-hybridized carbons (Fsp3) is 0.500. The van der Waals surface area contributed by atoms with Gasteiger partial charge < -0.3 is 26.3 Å². The van der Waals surface area contributed by atoms with Gasteiger partial charge in [0.2, 0.25) is 5.91 Å². The van der Waals surface area contributed by atoms with Crippen molar-refractivity contribution < 1.29 is 23.5 Å². The van der Waals surface area contributed by atoms with Crippen LogP contribution in [0.15, 0.2) is 60.0 Å². The van der Waals surface area contributed by atoms with Gasteiger partial charge in [0.05, 0.1) is 18.9 Å². The standard InChI is InChI=1S/C23H28F2N2O.C5H8O2S.C4H11N/c1-3-26-15-9-8-14-23(21(28)27-16-22(2,24)25)19-12-6-4-10-17(19)18-11-5-7-13-20(18)23;6-2-1-4-8-5-3-7;1-3-4(2)5/h4-7,10-13,26H,3,8-9,14-16H2,1-2H3,(H,27,28);1,3-4,6H,2,5H2;4H,3,5H2,1-2H3/b;4-1-;. The van der Waals surface area contributed by atoms with E-state index < -0.39 is 17.9 Å². The number of aliphatic hydroxyl groups is 1. The van der Waals surface area contributed by atoms with Crippen LogP contribution in [0.3, 0.4) is 0 Å². The van der Waals surface area contributed by atoms with Crippen molar-refractivity contribution in [3.05, 3.63) is 71.1 Å². The summed E-state index contributed by atoms with van der Waals surface area (Å²) in [7, 11) is 0. The molecule has 3 rings (SSSR count). The first-order valence-electron chi connectivity index (χ1n) is 14.2. The zero-order chi connectivity index (χ0) is 30.7. The summed E-state index contributed by atoms with van der Waals surface area (Å²) in [6, 6.07) is 16.1. The highest BCUT2D eigenvalue weighted by Crippen LogP contribution is 2.51. The molecule has 41 heavy (non-hydrogen) atoms. The second kappa shape index (κ2) is 19.5. The maximum absolute atomic E-state index is 13.5. The molecule has 0 spiro atoms. The van der Waals surface area contributed by atoms with Gasteiger partial charge in [-0.25, -0.2) is 8.78 Å². The van der Waals surface area contributed by atoms with E-state index in [9.17, 15) is 18.4 Å². The van der Waals surface area contributed by atoms with Crippen LogP contribution in [0.5, 0.6) is 0 Å². The lowest BCUT2D eigenvalue weighted by Crippen LogP contribution is -2.47. The van der Waals surface area contributed by atoms with Gasteiger partial charge in [-0.1, -0.05) is 74.9 Å². The Hall–Kier alpha value is -2.59. The number of carbonyl (C=O) groups is 2. The third-order valence-corrected chi connectivity index (χ3v) is 7.24. The van der Waals surface area contributed by atoms with Gasteiger partial charge in [0.15, 0.2) is 0 Å². The minimum Gasteiger partial charge on any atom is -0.392 e. The number of thioether (sulfide) groups is 1. The molecule has 2 aromatic carbocycles. The lowest BCUT2D eigenvalue weighted by molar-refractivity contribution is -0.127. The van der Waals surface area contributed by atoms with E-state index in [-0.39, 0.29) is 12.5 Å². The van der Waals surface area contributed by atoms with E-state index >= 15 is 0 Å². The van der Waals surface area contributed by atoms with Gasteiger partial charge in [-0.15, -0.1) is 11.8 Å². The summed E-state index contributed by atoms with van der Waals surface area (Å²) in [6.07, 6.45) is 5.84. The van der Waals surface area contributed by atoms with Gasteiger partial charge in [0.25, 0.3) is 5.92 Å². The average Bonchev–Trinajstić information content (AvgIpc) is 3.25. The molecular formula is C32H47F2N3O3S. The molecule has 0 aromatic heterocycles. The van der Waals surface area contributed by atoms with Crippen LogP contribution >= 0.6 is 11.8 Å². The summed E-state index contributed by atoms with van der Waals surface area (Å²) in [4.78, 5) is 23.1. The van der Waals surface area contributed by atoms with Gasteiger partial charge in [-0.3, -0.25) is 4.79 Å². The summed E-state index contributed by atoms with van der Waals surface area (Å²) in [5, 5.41) is 15.7. The Bertz CT molecular complexity index is 1030. The van der Waals surface area contributed by atoms with E-state index in [1.807, 2.05) is 55.5 Å². The average molecular weight is 592 g/mol. The molecule has 0 aliphatic heterocycles. The number of nitrogens with two attached hydrogens (primary N) is 1. The third kappa shape index (κ3) is 12.0. The molecule has 1 amide bonds. The van der Waals surface area contributed by atoms with E-state index in [0.717, 1.165) is 67.8 Å². The van der Waals surface area contributed by atoms with E-state index in [2.05, 4.69) is 24.5 Å². The van der Waals surface area contributed by atoms with Crippen LogP contribution < -0.4 is 16.4 Å². The van der Waals surface area contributed by atoms with Gasteiger partial charge in [0, 0.05) is 13.0 Å². The first-order valence-corrected chi connectivity index (χ1v) is 15.3. The molecule has 5 N–H and O–H groups in total. The van der Waals surface area contributed by atoms with Crippen LogP contribution in [-0.2, 0) is 15.0 Å². The molecule has 1 unspecified atom stereocenters. The second-order valence-electron chi connectivity index (χ2n) is 10.00. The Morgan fingerprint density at radius 3 is 2.12 bits per heavy atom. The molecule has 0 radical (unpaired) electrons. The normalized spacial score (nSPS) is 13.7. The van der Waals surface area contributed by atoms with E-state index in [1.165, 1.54) is 11.8 Å². The molecule has 0 saturated heterocycles. The van der Waals surface area contributed by atoms with Gasteiger partial charge in [0.1, 0.15) is 11.7 Å². The number of hydrogen-bond donors (Lipinski definition) is 4. The first kappa shape index (κ1) is 36.4. The van der Waals surface area contributed by atoms with E-state index in [4.69, 9.17) is 10.8 Å². The molecule has 0 bridgehead atoms. The van der Waals surface area contributed by atoms with Crippen molar-refractivity contribution in [2.75, 3.05) is 32.0 Å². The Balaban J connectivity index is 0.000000539. The van der Waals surface area contributed by atoms with Crippen molar-refractivity contribution in [3.8, 4) is 11.1 Å². The number of aliphatic hydroxyl groups excluding tert-OH is 1. The zero-order valence-corrected chi connectivity index (χ0v) is 25.6. The SMILES string of the molecule is CCC(C)N.CCNCCCCC1(C(=O)NCC(C)(F)F)c2ccccc2-c2ccccc21.O=CCS/C=C\CO. The predicted molar refractivity (Wildman–Crippen MR) is 167 cm³/mol. The van der Waals surface area contributed by atoms with Crippen molar-refractivity contribution >= 4 is 24.0 Å². The topological polar surface area (TPSA) is 104 Å². The Labute approximate surface area is 248 Å². The van der Waals surface area contributed by atoms with E-state index in [0.29, 0.717) is 18.2 Å². The van der Waals surface area contributed by atoms with Crippen molar-refractivity contribution in [3.63, 3.8) is 0 Å². The van der Waals surface area contributed by atoms with Crippen LogP contribution in [0.1, 0.15) is 64.5 Å². The van der Waals surface area contributed by atoms with Crippen molar-refractivity contribution in [1.82, 2.24) is 10.6 Å². The van der Waals surface area contributed by atoms with Crippen LogP contribution in [0, 0.1) is 0 Å². The summed E-state index contributed by atoms with van der Waals surface area (Å²) in [5.41, 5.74) is 8.23. The highest BCUT2D eigenvalue weighted by Gasteiger charge is 2.48. The molecule has 0 heterocycles. The van der Waals surface area contributed by atoms with Crippen LogP contribution in [-0.4, -0.2) is 61.3 Å². The summed E-state index contributed by atoms with van der Waals surface area (Å²) >= 11 is 1.37. The maximum atomic E-state index is 13.5. The fourth-order valence-corrected chi connectivity index (χ4v) is 4.77. The van der Waals surface area contributed by atoms with Gasteiger partial charge in [-0.2, -0.15) is 0 Å². The molecule has 2 aromatic rings. The number of carbonyl (C=O) groups excluding carboxylic acids is 2.